The Morgan fingerprint density at radius 2 is 1.77 bits per heavy atom. The van der Waals surface area contributed by atoms with Crippen molar-refractivity contribution in [2.75, 3.05) is 17.3 Å². The number of unbranched alkanes of at least 4 members (excludes halogenated alkanes) is 1. The Bertz CT molecular complexity index is 769. The molecule has 1 unspecified atom stereocenters. The largest absolute Gasteiger partial charge is 0.497 e. The van der Waals surface area contributed by atoms with E-state index < -0.39 is 6.04 Å². The van der Waals surface area contributed by atoms with Crippen molar-refractivity contribution < 1.29 is 14.3 Å². The van der Waals surface area contributed by atoms with E-state index in [4.69, 9.17) is 4.74 Å². The van der Waals surface area contributed by atoms with Crippen LogP contribution < -0.4 is 15.0 Å². The fourth-order valence-corrected chi connectivity index (χ4v) is 3.10. The number of anilines is 2. The third-order valence-corrected chi connectivity index (χ3v) is 4.59. The van der Waals surface area contributed by atoms with Crippen LogP contribution in [0.5, 0.6) is 5.75 Å². The predicted octanol–water partition coefficient (Wildman–Crippen LogP) is 3.78. The second-order valence-electron chi connectivity index (χ2n) is 6.47. The average Bonchev–Trinajstić information content (AvgIpc) is 2.94. The molecule has 0 aliphatic carbocycles. The summed E-state index contributed by atoms with van der Waals surface area (Å²) in [4.78, 5) is 26.4. The number of methoxy groups -OCH3 is 1. The van der Waals surface area contributed by atoms with Crippen molar-refractivity contribution in [1.82, 2.24) is 0 Å². The van der Waals surface area contributed by atoms with Gasteiger partial charge >= 0.3 is 0 Å². The Labute approximate surface area is 154 Å². The number of carbonyl (C=O) groups excluding carboxylic acids is 2. The van der Waals surface area contributed by atoms with Crippen molar-refractivity contribution in [3.8, 4) is 5.75 Å². The van der Waals surface area contributed by atoms with Gasteiger partial charge in [0.1, 0.15) is 11.8 Å². The topological polar surface area (TPSA) is 58.6 Å². The second-order valence-corrected chi connectivity index (χ2v) is 6.47. The van der Waals surface area contributed by atoms with Crippen LogP contribution in [0, 0.1) is 0 Å². The Hall–Kier alpha value is -2.82. The summed E-state index contributed by atoms with van der Waals surface area (Å²) in [5, 5.41) is 3.14. The van der Waals surface area contributed by atoms with E-state index in [1.807, 2.05) is 48.5 Å². The van der Waals surface area contributed by atoms with Crippen LogP contribution in [0.3, 0.4) is 0 Å². The fourth-order valence-electron chi connectivity index (χ4n) is 3.10. The van der Waals surface area contributed by atoms with Gasteiger partial charge in [0.05, 0.1) is 19.2 Å². The lowest BCUT2D eigenvalue weighted by Gasteiger charge is -2.16. The minimum Gasteiger partial charge on any atom is -0.497 e. The summed E-state index contributed by atoms with van der Waals surface area (Å²) in [7, 11) is 1.60. The van der Waals surface area contributed by atoms with Crippen molar-refractivity contribution in [1.29, 1.82) is 0 Å². The van der Waals surface area contributed by atoms with E-state index in [2.05, 4.69) is 12.2 Å². The maximum Gasteiger partial charge on any atom is 0.256 e. The molecule has 1 fully saturated rings. The van der Waals surface area contributed by atoms with Crippen molar-refractivity contribution >= 4 is 23.2 Å². The minimum atomic E-state index is -0.546. The number of aryl methyl sites for hydroxylation is 1. The molecule has 0 bridgehead atoms. The Kier molecular flexibility index (Phi) is 5.56. The van der Waals surface area contributed by atoms with Crippen LogP contribution in [0.15, 0.2) is 48.5 Å². The highest BCUT2D eigenvalue weighted by Gasteiger charge is 2.39. The van der Waals surface area contributed by atoms with E-state index in [0.717, 1.165) is 30.7 Å². The Balaban J connectivity index is 1.69. The van der Waals surface area contributed by atoms with E-state index in [0.29, 0.717) is 5.69 Å². The van der Waals surface area contributed by atoms with Crippen molar-refractivity contribution in [3.05, 3.63) is 54.1 Å². The lowest BCUT2D eigenvalue weighted by atomic mass is 10.1. The van der Waals surface area contributed by atoms with Crippen LogP contribution >= 0.6 is 0 Å². The van der Waals surface area contributed by atoms with Gasteiger partial charge in [-0.25, -0.2) is 4.90 Å². The van der Waals surface area contributed by atoms with Gasteiger partial charge in [0.2, 0.25) is 5.91 Å². The lowest BCUT2D eigenvalue weighted by molar-refractivity contribution is -0.121. The number of nitrogens with one attached hydrogen (secondary N) is 1. The van der Waals surface area contributed by atoms with Crippen LogP contribution in [0.2, 0.25) is 0 Å². The molecule has 0 spiro atoms. The van der Waals surface area contributed by atoms with Gasteiger partial charge in [-0.3, -0.25) is 9.59 Å². The van der Waals surface area contributed by atoms with Gasteiger partial charge in [0.25, 0.3) is 5.91 Å². The lowest BCUT2D eigenvalue weighted by Crippen LogP contribution is -2.34. The van der Waals surface area contributed by atoms with Crippen LogP contribution in [0.4, 0.5) is 11.4 Å². The zero-order chi connectivity index (χ0) is 18.5. The van der Waals surface area contributed by atoms with Gasteiger partial charge in [-0.2, -0.15) is 0 Å². The van der Waals surface area contributed by atoms with Crippen LogP contribution in [0.1, 0.15) is 31.7 Å². The van der Waals surface area contributed by atoms with Crippen molar-refractivity contribution in [2.24, 2.45) is 0 Å². The fraction of sp³-hybridized carbons (Fsp3) is 0.333. The first-order valence-corrected chi connectivity index (χ1v) is 8.98. The molecule has 1 aliphatic rings. The molecule has 2 aromatic carbocycles. The molecule has 2 amide bonds. The van der Waals surface area contributed by atoms with Gasteiger partial charge in [0.15, 0.2) is 0 Å². The number of imide groups is 1. The van der Waals surface area contributed by atoms with Gasteiger partial charge < -0.3 is 10.1 Å². The molecular weight excluding hydrogens is 328 g/mol. The van der Waals surface area contributed by atoms with Gasteiger partial charge in [0, 0.05) is 5.69 Å². The zero-order valence-electron chi connectivity index (χ0n) is 15.2. The summed E-state index contributed by atoms with van der Waals surface area (Å²) in [5.41, 5.74) is 2.65. The number of carbonyl (C=O) groups is 2. The maximum absolute atomic E-state index is 12.7. The quantitative estimate of drug-likeness (QED) is 0.771. The first-order chi connectivity index (χ1) is 12.6. The molecular formula is C21H24N2O3. The first kappa shape index (κ1) is 18.0. The summed E-state index contributed by atoms with van der Waals surface area (Å²) in [6.07, 6.45) is 3.45. The average molecular weight is 352 g/mol. The molecule has 1 saturated heterocycles. The molecule has 0 saturated carbocycles. The molecule has 136 valence electrons. The van der Waals surface area contributed by atoms with E-state index in [9.17, 15) is 9.59 Å². The smallest absolute Gasteiger partial charge is 0.256 e. The highest BCUT2D eigenvalue weighted by Crippen LogP contribution is 2.26. The Morgan fingerprint density at radius 1 is 1.08 bits per heavy atom. The summed E-state index contributed by atoms with van der Waals surface area (Å²) in [5.74, 6) is 0.351. The van der Waals surface area contributed by atoms with E-state index in [1.165, 1.54) is 10.5 Å². The number of rotatable bonds is 7. The molecule has 1 aliphatic heterocycles. The predicted molar refractivity (Wildman–Crippen MR) is 103 cm³/mol. The number of amides is 2. The Morgan fingerprint density at radius 3 is 2.38 bits per heavy atom. The third-order valence-electron chi connectivity index (χ3n) is 4.59. The zero-order valence-corrected chi connectivity index (χ0v) is 15.2. The molecule has 5 heteroatoms. The van der Waals surface area contributed by atoms with Crippen molar-refractivity contribution in [2.45, 2.75) is 38.6 Å². The normalized spacial score (nSPS) is 16.8. The minimum absolute atomic E-state index is 0.155. The van der Waals surface area contributed by atoms with Crippen LogP contribution in [-0.4, -0.2) is 25.0 Å². The molecule has 26 heavy (non-hydrogen) atoms. The highest BCUT2D eigenvalue weighted by atomic mass is 16.5. The molecule has 1 atom stereocenters. The first-order valence-electron chi connectivity index (χ1n) is 8.98. The number of nitrogens with zero attached hydrogens (tertiary/aromatic N) is 1. The number of hydrogen-bond donors (Lipinski definition) is 1. The molecule has 1 heterocycles. The van der Waals surface area contributed by atoms with E-state index >= 15 is 0 Å². The number of benzene rings is 2. The highest BCUT2D eigenvalue weighted by molar-refractivity contribution is 6.23. The third kappa shape index (κ3) is 3.87. The van der Waals surface area contributed by atoms with Gasteiger partial charge in [-0.15, -0.1) is 0 Å². The number of hydrogen-bond acceptors (Lipinski definition) is 4. The van der Waals surface area contributed by atoms with Crippen LogP contribution in [0.25, 0.3) is 0 Å². The molecule has 5 nitrogen and oxygen atoms in total. The van der Waals surface area contributed by atoms with Crippen LogP contribution in [-0.2, 0) is 16.0 Å². The van der Waals surface area contributed by atoms with E-state index in [-0.39, 0.29) is 18.2 Å². The summed E-state index contributed by atoms with van der Waals surface area (Å²) < 4.78 is 5.13. The SMILES string of the molecule is CCCCc1ccc(N2C(=O)CC(Nc3ccc(OC)cc3)C2=O)cc1. The van der Waals surface area contributed by atoms with Gasteiger partial charge in [-0.1, -0.05) is 25.5 Å². The molecule has 0 aromatic heterocycles. The summed E-state index contributed by atoms with van der Waals surface area (Å²) in [6, 6.07) is 14.5. The van der Waals surface area contributed by atoms with E-state index in [1.54, 1.807) is 7.11 Å². The summed E-state index contributed by atoms with van der Waals surface area (Å²) >= 11 is 0. The number of ether oxygens (including phenoxy) is 1. The van der Waals surface area contributed by atoms with Gasteiger partial charge in [-0.05, 0) is 54.8 Å². The maximum atomic E-state index is 12.7. The standard InChI is InChI=1S/C21H24N2O3/c1-3-4-5-15-6-10-17(11-7-15)23-20(24)14-19(21(23)25)22-16-8-12-18(26-2)13-9-16/h6-13,19,22H,3-5,14H2,1-2H3. The summed E-state index contributed by atoms with van der Waals surface area (Å²) in [6.45, 7) is 2.16. The molecule has 0 radical (unpaired) electrons. The second kappa shape index (κ2) is 8.04. The molecule has 3 rings (SSSR count). The molecule has 2 aromatic rings. The molecule has 1 N–H and O–H groups in total. The van der Waals surface area contributed by atoms with Crippen molar-refractivity contribution in [3.63, 3.8) is 0 Å². The monoisotopic (exact) mass is 352 g/mol.